The topological polar surface area (TPSA) is 228 Å². The van der Waals surface area contributed by atoms with Crippen molar-refractivity contribution in [2.75, 3.05) is 6.54 Å². The smallest absolute Gasteiger partial charge is 0.326 e. The molecule has 11 N–H and O–H groups in total. The van der Waals surface area contributed by atoms with E-state index < -0.39 is 47.9 Å². The highest BCUT2D eigenvalue weighted by Crippen LogP contribution is 2.21. The summed E-state index contributed by atoms with van der Waals surface area (Å²) in [5.41, 5.74) is 15.6. The molecule has 4 unspecified atom stereocenters. The summed E-state index contributed by atoms with van der Waals surface area (Å²) in [5, 5.41) is 29.6. The predicted octanol–water partition coefficient (Wildman–Crippen LogP) is 2.38. The number of H-pyrrole nitrogens is 2. The molecule has 5 rings (SSSR count). The summed E-state index contributed by atoms with van der Waals surface area (Å²) >= 11 is 0. The zero-order chi connectivity index (χ0) is 35.6. The van der Waals surface area contributed by atoms with Gasteiger partial charge in [0.1, 0.15) is 23.9 Å². The Bertz CT molecular complexity index is 1940. The Morgan fingerprint density at radius 3 is 1.68 bits per heavy atom. The van der Waals surface area contributed by atoms with E-state index in [1.54, 1.807) is 24.5 Å². The van der Waals surface area contributed by atoms with Gasteiger partial charge in [-0.05, 0) is 60.3 Å². The van der Waals surface area contributed by atoms with Gasteiger partial charge in [-0.25, -0.2) is 4.79 Å². The molecule has 2 heterocycles. The van der Waals surface area contributed by atoms with Gasteiger partial charge in [0.15, 0.2) is 0 Å². The van der Waals surface area contributed by atoms with Crippen LogP contribution < -0.4 is 27.4 Å². The van der Waals surface area contributed by atoms with E-state index >= 15 is 0 Å². The highest BCUT2D eigenvalue weighted by atomic mass is 16.4. The summed E-state index contributed by atoms with van der Waals surface area (Å²) in [6.07, 6.45) is 5.31. The quantitative estimate of drug-likeness (QED) is 0.0660. The second kappa shape index (κ2) is 16.6. The SMILES string of the molecule is NCCCCC(N)C(=O)NC(Cc1c[nH]c2ccccc12)C(=O)NC(Cc1c[nH]c2ccccc12)C(=O)NC(Cc1ccc(O)cc1)C(=O)O. The third kappa shape index (κ3) is 9.07. The molecule has 0 radical (unpaired) electrons. The fourth-order valence-corrected chi connectivity index (χ4v) is 5.99. The Kier molecular flexibility index (Phi) is 11.9. The number of hydrogen-bond acceptors (Lipinski definition) is 7. The number of rotatable bonds is 17. The summed E-state index contributed by atoms with van der Waals surface area (Å²) < 4.78 is 0. The van der Waals surface area contributed by atoms with Crippen LogP contribution in [0.25, 0.3) is 21.8 Å². The minimum Gasteiger partial charge on any atom is -0.508 e. The van der Waals surface area contributed by atoms with Crippen LogP contribution in [-0.2, 0) is 38.4 Å². The molecule has 0 bridgehead atoms. The van der Waals surface area contributed by atoms with E-state index in [1.807, 2.05) is 48.5 Å². The van der Waals surface area contributed by atoms with E-state index in [-0.39, 0.29) is 25.0 Å². The molecular formula is C37H43N7O6. The Hall–Kier alpha value is -5.66. The number of para-hydroxylation sites is 2. The number of aromatic nitrogens is 2. The standard InChI is InChI=1S/C37H43N7O6/c38-16-6-5-9-28(39)34(46)42-31(18-23-20-40-29-10-3-1-7-26(23)29)35(47)43-32(19-24-21-41-30-11-4-2-8-27(24)30)36(48)44-33(37(49)50)17-22-12-14-25(45)15-13-22/h1-4,7-8,10-15,20-21,28,31-33,40-41,45H,5-6,9,16-19,38-39H2,(H,42,46)(H,43,47)(H,44,48)(H,49,50). The highest BCUT2D eigenvalue weighted by Gasteiger charge is 2.32. The van der Waals surface area contributed by atoms with Gasteiger partial charge >= 0.3 is 5.97 Å². The van der Waals surface area contributed by atoms with Crippen molar-refractivity contribution in [3.8, 4) is 5.75 Å². The number of carboxylic acids is 1. The molecule has 0 fully saturated rings. The monoisotopic (exact) mass is 681 g/mol. The first-order chi connectivity index (χ1) is 24.1. The number of nitrogens with two attached hydrogens (primary N) is 2. The number of carbonyl (C=O) groups is 4. The molecule has 0 aliphatic carbocycles. The first-order valence-electron chi connectivity index (χ1n) is 16.6. The van der Waals surface area contributed by atoms with E-state index in [0.29, 0.717) is 31.4 Å². The molecule has 0 aliphatic rings. The third-order valence-electron chi connectivity index (χ3n) is 8.76. The molecule has 0 saturated heterocycles. The number of carboxylic acid groups (broad SMARTS) is 1. The first kappa shape index (κ1) is 35.6. The number of aliphatic carboxylic acids is 1. The zero-order valence-electron chi connectivity index (χ0n) is 27.5. The lowest BCUT2D eigenvalue weighted by Gasteiger charge is -2.25. The maximum Gasteiger partial charge on any atom is 0.326 e. The largest absolute Gasteiger partial charge is 0.508 e. The fourth-order valence-electron chi connectivity index (χ4n) is 5.99. The second-order valence-corrected chi connectivity index (χ2v) is 12.4. The van der Waals surface area contributed by atoms with E-state index in [1.165, 1.54) is 12.1 Å². The van der Waals surface area contributed by atoms with Gasteiger partial charge in [0, 0.05) is 53.5 Å². The lowest BCUT2D eigenvalue weighted by molar-refractivity contribution is -0.142. The molecule has 13 nitrogen and oxygen atoms in total. The van der Waals surface area contributed by atoms with Crippen molar-refractivity contribution in [2.45, 2.75) is 62.7 Å². The van der Waals surface area contributed by atoms with E-state index in [9.17, 15) is 29.4 Å². The van der Waals surface area contributed by atoms with Crippen LogP contribution in [0.2, 0.25) is 0 Å². The maximum atomic E-state index is 14.2. The number of unbranched alkanes of at least 4 members (excludes halogenated alkanes) is 1. The molecule has 2 aromatic heterocycles. The maximum absolute atomic E-state index is 14.2. The van der Waals surface area contributed by atoms with Gasteiger partial charge in [-0.3, -0.25) is 14.4 Å². The number of phenolic OH excluding ortho intramolecular Hbond substituents is 1. The van der Waals surface area contributed by atoms with Crippen molar-refractivity contribution >= 4 is 45.5 Å². The van der Waals surface area contributed by atoms with Crippen molar-refractivity contribution in [3.63, 3.8) is 0 Å². The third-order valence-corrected chi connectivity index (χ3v) is 8.76. The van der Waals surface area contributed by atoms with Crippen LogP contribution >= 0.6 is 0 Å². The predicted molar refractivity (Wildman–Crippen MR) is 190 cm³/mol. The van der Waals surface area contributed by atoms with Crippen LogP contribution in [0, 0.1) is 0 Å². The molecule has 3 aromatic carbocycles. The summed E-state index contributed by atoms with van der Waals surface area (Å²) in [6.45, 7) is 0.470. The molecule has 3 amide bonds. The number of amides is 3. The minimum absolute atomic E-state index is 0.0250. The van der Waals surface area contributed by atoms with Crippen molar-refractivity contribution in [1.29, 1.82) is 0 Å². The van der Waals surface area contributed by atoms with Gasteiger partial charge in [-0.15, -0.1) is 0 Å². The van der Waals surface area contributed by atoms with Gasteiger partial charge in [-0.1, -0.05) is 55.0 Å². The van der Waals surface area contributed by atoms with Gasteiger partial charge in [0.25, 0.3) is 0 Å². The molecule has 0 spiro atoms. The molecule has 262 valence electrons. The number of nitrogens with one attached hydrogen (secondary N) is 5. The number of phenols is 1. The molecular weight excluding hydrogens is 638 g/mol. The summed E-state index contributed by atoms with van der Waals surface area (Å²) in [7, 11) is 0. The van der Waals surface area contributed by atoms with Crippen LogP contribution in [0.1, 0.15) is 36.0 Å². The van der Waals surface area contributed by atoms with Gasteiger partial charge in [0.05, 0.1) is 6.04 Å². The van der Waals surface area contributed by atoms with Crippen LogP contribution in [-0.4, -0.2) is 74.6 Å². The van der Waals surface area contributed by atoms with Gasteiger partial charge in [0.2, 0.25) is 17.7 Å². The Morgan fingerprint density at radius 2 is 1.16 bits per heavy atom. The molecule has 5 aromatic rings. The van der Waals surface area contributed by atoms with Crippen molar-refractivity contribution in [1.82, 2.24) is 25.9 Å². The van der Waals surface area contributed by atoms with Crippen molar-refractivity contribution in [2.24, 2.45) is 11.5 Å². The van der Waals surface area contributed by atoms with Crippen LogP contribution in [0.5, 0.6) is 5.75 Å². The number of carbonyl (C=O) groups excluding carboxylic acids is 3. The average Bonchev–Trinajstić information content (AvgIpc) is 3.72. The number of fused-ring (bicyclic) bond motifs is 2. The highest BCUT2D eigenvalue weighted by molar-refractivity contribution is 5.95. The Labute approximate surface area is 288 Å². The van der Waals surface area contributed by atoms with E-state index in [0.717, 1.165) is 32.9 Å². The van der Waals surface area contributed by atoms with Crippen molar-refractivity contribution < 1.29 is 29.4 Å². The number of benzene rings is 3. The van der Waals surface area contributed by atoms with E-state index in [2.05, 4.69) is 25.9 Å². The van der Waals surface area contributed by atoms with Gasteiger partial charge < -0.3 is 47.6 Å². The molecule has 0 saturated carbocycles. The second-order valence-electron chi connectivity index (χ2n) is 12.4. The van der Waals surface area contributed by atoms with E-state index in [4.69, 9.17) is 11.5 Å². The fraction of sp³-hybridized carbons (Fsp3) is 0.297. The molecule has 50 heavy (non-hydrogen) atoms. The number of aromatic hydroxyl groups is 1. The molecule has 13 heteroatoms. The van der Waals surface area contributed by atoms with Crippen LogP contribution in [0.15, 0.2) is 85.2 Å². The zero-order valence-corrected chi connectivity index (χ0v) is 27.5. The van der Waals surface area contributed by atoms with Crippen LogP contribution in [0.4, 0.5) is 0 Å². The molecule has 0 aliphatic heterocycles. The molecule has 4 atom stereocenters. The minimum atomic E-state index is -1.33. The number of aromatic amines is 2. The first-order valence-corrected chi connectivity index (χ1v) is 16.6. The lowest BCUT2D eigenvalue weighted by atomic mass is 10.00. The average molecular weight is 682 g/mol. The van der Waals surface area contributed by atoms with Gasteiger partial charge in [-0.2, -0.15) is 0 Å². The Balaban J connectivity index is 1.42. The summed E-state index contributed by atoms with van der Waals surface area (Å²) in [6, 6.07) is 16.5. The Morgan fingerprint density at radius 1 is 0.660 bits per heavy atom. The lowest BCUT2D eigenvalue weighted by Crippen LogP contribution is -2.58. The normalized spacial score (nSPS) is 13.7. The number of hydrogen-bond donors (Lipinski definition) is 9. The van der Waals surface area contributed by atoms with Crippen molar-refractivity contribution in [3.05, 3.63) is 102 Å². The summed E-state index contributed by atoms with van der Waals surface area (Å²) in [5.74, 6) is -3.11. The van der Waals surface area contributed by atoms with Crippen LogP contribution in [0.3, 0.4) is 0 Å². The summed E-state index contributed by atoms with van der Waals surface area (Å²) in [4.78, 5) is 60.0.